The molecule has 0 atom stereocenters. The lowest BCUT2D eigenvalue weighted by atomic mass is 10.1. The molecule has 0 saturated heterocycles. The molecule has 2 aromatic heterocycles. The average Bonchev–Trinajstić information content (AvgIpc) is 3.29. The molecule has 0 aliphatic heterocycles. The molecule has 0 saturated carbocycles. The fourth-order valence-electron chi connectivity index (χ4n) is 3.03. The van der Waals surface area contributed by atoms with Gasteiger partial charge in [-0.15, -0.1) is 24.0 Å². The second-order valence-corrected chi connectivity index (χ2v) is 7.04. The van der Waals surface area contributed by atoms with Crippen LogP contribution in [0.25, 0.3) is 0 Å². The molecule has 7 nitrogen and oxygen atoms in total. The third kappa shape index (κ3) is 8.56. The quantitative estimate of drug-likeness (QED) is 0.155. The summed E-state index contributed by atoms with van der Waals surface area (Å²) in [5, 5.41) is 13.8. The van der Waals surface area contributed by atoms with Crippen molar-refractivity contribution >= 4 is 35.8 Å². The highest BCUT2D eigenvalue weighted by Gasteiger charge is 2.30. The van der Waals surface area contributed by atoms with Gasteiger partial charge in [-0.3, -0.25) is 9.67 Å². The van der Waals surface area contributed by atoms with Crippen LogP contribution in [0, 0.1) is 0 Å². The minimum absolute atomic E-state index is 0. The number of nitrogens with zero attached hydrogens (tertiary/aromatic N) is 4. The Bertz CT molecular complexity index is 990. The predicted octanol–water partition coefficient (Wildman–Crippen LogP) is 4.13. The molecule has 1 aromatic carbocycles. The van der Waals surface area contributed by atoms with Crippen molar-refractivity contribution in [2.75, 3.05) is 25.5 Å². The van der Waals surface area contributed by atoms with Gasteiger partial charge in [0.05, 0.1) is 12.1 Å². The van der Waals surface area contributed by atoms with Crippen LogP contribution in [0.15, 0.2) is 66.0 Å². The predicted molar refractivity (Wildman–Crippen MR) is 134 cm³/mol. The average molecular weight is 573 g/mol. The summed E-state index contributed by atoms with van der Waals surface area (Å²) in [4.78, 5) is 8.03. The molecule has 0 fully saturated rings. The van der Waals surface area contributed by atoms with Crippen LogP contribution in [0.1, 0.15) is 23.1 Å². The number of alkyl halides is 3. The highest BCUT2D eigenvalue weighted by Crippen LogP contribution is 2.28. The summed E-state index contributed by atoms with van der Waals surface area (Å²) in [6, 6.07) is 12.4. The van der Waals surface area contributed by atoms with Crippen LogP contribution < -0.4 is 16.0 Å². The van der Waals surface area contributed by atoms with Crippen molar-refractivity contribution < 1.29 is 13.2 Å². The second kappa shape index (κ2) is 13.0. The molecule has 0 bridgehead atoms. The Kier molecular flexibility index (Phi) is 10.4. The van der Waals surface area contributed by atoms with Gasteiger partial charge in [0, 0.05) is 45.3 Å². The van der Waals surface area contributed by atoms with Crippen molar-refractivity contribution in [3.63, 3.8) is 0 Å². The Morgan fingerprint density at radius 1 is 1.03 bits per heavy atom. The zero-order valence-corrected chi connectivity index (χ0v) is 20.5. The molecule has 0 amide bonds. The number of benzene rings is 1. The molecule has 3 N–H and O–H groups in total. The molecular weight excluding hydrogens is 546 g/mol. The molecule has 178 valence electrons. The van der Waals surface area contributed by atoms with E-state index in [4.69, 9.17) is 0 Å². The van der Waals surface area contributed by atoms with Crippen molar-refractivity contribution in [1.29, 1.82) is 0 Å². The molecule has 2 heterocycles. The van der Waals surface area contributed by atoms with Crippen LogP contribution >= 0.6 is 24.0 Å². The fraction of sp³-hybridized carbons (Fsp3) is 0.318. The molecule has 3 rings (SSSR count). The van der Waals surface area contributed by atoms with Gasteiger partial charge in [-0.2, -0.15) is 18.3 Å². The van der Waals surface area contributed by atoms with E-state index in [0.29, 0.717) is 38.0 Å². The first-order valence-electron chi connectivity index (χ1n) is 10.2. The fourth-order valence-corrected chi connectivity index (χ4v) is 3.03. The van der Waals surface area contributed by atoms with Crippen molar-refractivity contribution in [2.45, 2.75) is 25.7 Å². The SMILES string of the molecule is CN=C(NCCCNc1ccc(C(F)(F)F)cn1)NCc1ccccc1Cn1cccn1.I. The van der Waals surface area contributed by atoms with Gasteiger partial charge >= 0.3 is 6.18 Å². The zero-order chi connectivity index (χ0) is 22.8. The number of anilines is 1. The summed E-state index contributed by atoms with van der Waals surface area (Å²) < 4.78 is 39.6. The maximum atomic E-state index is 12.6. The summed E-state index contributed by atoms with van der Waals surface area (Å²) >= 11 is 0. The van der Waals surface area contributed by atoms with Gasteiger partial charge in [0.2, 0.25) is 0 Å². The van der Waals surface area contributed by atoms with Crippen LogP contribution in [-0.2, 0) is 19.3 Å². The number of nitrogens with one attached hydrogen (secondary N) is 3. The van der Waals surface area contributed by atoms with Gasteiger partial charge in [-0.25, -0.2) is 4.98 Å². The van der Waals surface area contributed by atoms with Crippen LogP contribution in [0.4, 0.5) is 19.0 Å². The summed E-state index contributed by atoms with van der Waals surface area (Å²) in [6.07, 6.45) is 0.877. The summed E-state index contributed by atoms with van der Waals surface area (Å²) in [5.74, 6) is 1.08. The topological polar surface area (TPSA) is 79.2 Å². The van der Waals surface area contributed by atoms with Crippen LogP contribution in [0.5, 0.6) is 0 Å². The minimum Gasteiger partial charge on any atom is -0.370 e. The molecule has 3 aromatic rings. The Morgan fingerprint density at radius 3 is 2.45 bits per heavy atom. The van der Waals surface area contributed by atoms with E-state index in [0.717, 1.165) is 24.2 Å². The lowest BCUT2D eigenvalue weighted by Gasteiger charge is -2.14. The third-order valence-electron chi connectivity index (χ3n) is 4.72. The number of hydrogen-bond acceptors (Lipinski definition) is 4. The van der Waals surface area contributed by atoms with Gasteiger partial charge < -0.3 is 16.0 Å². The van der Waals surface area contributed by atoms with Crippen LogP contribution in [0.2, 0.25) is 0 Å². The molecule has 33 heavy (non-hydrogen) atoms. The molecule has 0 spiro atoms. The van der Waals surface area contributed by atoms with E-state index in [1.54, 1.807) is 13.2 Å². The molecule has 0 aliphatic rings. The summed E-state index contributed by atoms with van der Waals surface area (Å²) in [6.45, 7) is 2.52. The normalized spacial score (nSPS) is 11.6. The van der Waals surface area contributed by atoms with Crippen molar-refractivity contribution in [1.82, 2.24) is 25.4 Å². The third-order valence-corrected chi connectivity index (χ3v) is 4.72. The Hall–Kier alpha value is -2.83. The standard InChI is InChI=1S/C22H26F3N7.HI/c1-26-21(28-11-4-10-27-20-9-8-19(15-29-20)22(23,24)25)30-14-17-6-2-3-7-18(17)16-32-13-5-12-31-32;/h2-3,5-9,12-13,15H,4,10-11,14,16H2,1H3,(H,27,29)(H2,26,28,30);1H. The van der Waals surface area contributed by atoms with E-state index in [1.807, 2.05) is 29.1 Å². The minimum atomic E-state index is -4.38. The van der Waals surface area contributed by atoms with Crippen molar-refractivity contribution in [3.8, 4) is 0 Å². The first-order chi connectivity index (χ1) is 15.5. The summed E-state index contributed by atoms with van der Waals surface area (Å²) in [7, 11) is 1.70. The van der Waals surface area contributed by atoms with E-state index in [2.05, 4.69) is 43.2 Å². The first-order valence-corrected chi connectivity index (χ1v) is 10.2. The smallest absolute Gasteiger partial charge is 0.370 e. The van der Waals surface area contributed by atoms with E-state index in [-0.39, 0.29) is 24.0 Å². The van der Waals surface area contributed by atoms with Gasteiger partial charge in [0.1, 0.15) is 5.82 Å². The molecule has 0 radical (unpaired) electrons. The van der Waals surface area contributed by atoms with Crippen LogP contribution in [0.3, 0.4) is 0 Å². The number of pyridine rings is 1. The largest absolute Gasteiger partial charge is 0.417 e. The Morgan fingerprint density at radius 2 is 1.82 bits per heavy atom. The molecule has 0 unspecified atom stereocenters. The molecule has 0 aliphatic carbocycles. The number of rotatable bonds is 9. The maximum absolute atomic E-state index is 12.6. The Labute approximate surface area is 207 Å². The lowest BCUT2D eigenvalue weighted by Crippen LogP contribution is -2.38. The highest BCUT2D eigenvalue weighted by atomic mass is 127. The molecule has 11 heteroatoms. The lowest BCUT2D eigenvalue weighted by molar-refractivity contribution is -0.137. The Balaban J connectivity index is 0.00000385. The van der Waals surface area contributed by atoms with E-state index in [9.17, 15) is 13.2 Å². The van der Waals surface area contributed by atoms with E-state index >= 15 is 0 Å². The highest BCUT2D eigenvalue weighted by molar-refractivity contribution is 14.0. The van der Waals surface area contributed by atoms with Crippen LogP contribution in [-0.4, -0.2) is 40.9 Å². The van der Waals surface area contributed by atoms with E-state index < -0.39 is 11.7 Å². The number of aliphatic imine (C=N–C) groups is 1. The zero-order valence-electron chi connectivity index (χ0n) is 18.1. The first kappa shape index (κ1) is 26.4. The van der Waals surface area contributed by atoms with Gasteiger partial charge in [-0.05, 0) is 35.7 Å². The monoisotopic (exact) mass is 573 g/mol. The van der Waals surface area contributed by atoms with E-state index in [1.165, 1.54) is 11.6 Å². The van der Waals surface area contributed by atoms with Gasteiger partial charge in [0.15, 0.2) is 5.96 Å². The second-order valence-electron chi connectivity index (χ2n) is 7.04. The maximum Gasteiger partial charge on any atom is 0.417 e. The van der Waals surface area contributed by atoms with Crippen molar-refractivity contribution in [2.24, 2.45) is 4.99 Å². The van der Waals surface area contributed by atoms with Crippen molar-refractivity contribution in [3.05, 3.63) is 77.7 Å². The number of hydrogen-bond donors (Lipinski definition) is 3. The number of guanidine groups is 1. The number of aromatic nitrogens is 3. The van der Waals surface area contributed by atoms with Gasteiger partial charge in [-0.1, -0.05) is 24.3 Å². The summed E-state index contributed by atoms with van der Waals surface area (Å²) in [5.41, 5.74) is 1.57. The van der Waals surface area contributed by atoms with Gasteiger partial charge in [0.25, 0.3) is 0 Å². The molecular formula is C22H27F3IN7. The number of halogens is 4.